The maximum atomic E-state index is 12.4. The van der Waals surface area contributed by atoms with E-state index in [1.807, 2.05) is 6.07 Å². The van der Waals surface area contributed by atoms with Crippen LogP contribution in [0.4, 0.5) is 5.95 Å². The van der Waals surface area contributed by atoms with Crippen LogP contribution in [0, 0.1) is 0 Å². The van der Waals surface area contributed by atoms with Crippen molar-refractivity contribution in [1.82, 2.24) is 25.2 Å². The number of pyridine rings is 1. The molecule has 2 aromatic heterocycles. The van der Waals surface area contributed by atoms with E-state index in [0.29, 0.717) is 17.2 Å². The molecule has 112 valence electrons. The Bertz CT molecular complexity index is 737. The molecule has 1 aliphatic heterocycles. The van der Waals surface area contributed by atoms with E-state index >= 15 is 0 Å². The van der Waals surface area contributed by atoms with Crippen LogP contribution in [0.1, 0.15) is 18.5 Å². The monoisotopic (exact) mass is 298 g/mol. The number of allylic oxidation sites excluding steroid dienone is 1. The summed E-state index contributed by atoms with van der Waals surface area (Å²) in [5.74, 6) is 0.0199. The molecule has 0 saturated heterocycles. The van der Waals surface area contributed by atoms with Crippen molar-refractivity contribution in [2.24, 2.45) is 0 Å². The number of nitrogens with zero attached hydrogens (tertiary/aromatic N) is 5. The van der Waals surface area contributed by atoms with Crippen molar-refractivity contribution < 1.29 is 9.53 Å². The summed E-state index contributed by atoms with van der Waals surface area (Å²) in [5.41, 5.74) is 1.88. The van der Waals surface area contributed by atoms with Crippen molar-refractivity contribution in [3.05, 3.63) is 54.0 Å². The van der Waals surface area contributed by atoms with Gasteiger partial charge in [-0.25, -0.2) is 4.79 Å². The van der Waals surface area contributed by atoms with Crippen molar-refractivity contribution in [1.29, 1.82) is 0 Å². The summed E-state index contributed by atoms with van der Waals surface area (Å²) >= 11 is 0. The zero-order valence-electron chi connectivity index (χ0n) is 11.9. The van der Waals surface area contributed by atoms with Gasteiger partial charge in [0.25, 0.3) is 0 Å². The molecule has 0 amide bonds. The smallest absolute Gasteiger partial charge is 0.338 e. The fraction of sp³-hybridized carbons (Fsp3) is 0.214. The number of ether oxygens (including phenoxy) is 1. The Labute approximate surface area is 126 Å². The molecule has 1 N–H and O–H groups in total. The number of nitrogens with one attached hydrogen (secondary N) is 1. The van der Waals surface area contributed by atoms with Gasteiger partial charge in [-0.3, -0.25) is 4.98 Å². The van der Waals surface area contributed by atoms with Gasteiger partial charge >= 0.3 is 5.97 Å². The van der Waals surface area contributed by atoms with E-state index in [4.69, 9.17) is 4.74 Å². The summed E-state index contributed by atoms with van der Waals surface area (Å²) in [6.45, 7) is 5.47. The minimum atomic E-state index is -0.489. The van der Waals surface area contributed by atoms with Gasteiger partial charge in [-0.1, -0.05) is 23.8 Å². The van der Waals surface area contributed by atoms with Gasteiger partial charge in [-0.2, -0.15) is 4.68 Å². The van der Waals surface area contributed by atoms with Crippen molar-refractivity contribution in [2.75, 3.05) is 11.9 Å². The summed E-state index contributed by atoms with van der Waals surface area (Å²) in [4.78, 5) is 16.5. The third-order valence-corrected chi connectivity index (χ3v) is 3.27. The quantitative estimate of drug-likeness (QED) is 0.666. The molecule has 2 aromatic rings. The fourth-order valence-electron chi connectivity index (χ4n) is 2.33. The van der Waals surface area contributed by atoms with Crippen LogP contribution in [0.2, 0.25) is 0 Å². The number of aromatic nitrogens is 5. The van der Waals surface area contributed by atoms with Crippen LogP contribution in [-0.2, 0) is 9.53 Å². The van der Waals surface area contributed by atoms with Crippen LogP contribution < -0.4 is 5.32 Å². The van der Waals surface area contributed by atoms with E-state index in [9.17, 15) is 4.79 Å². The van der Waals surface area contributed by atoms with Gasteiger partial charge in [-0.15, -0.1) is 0 Å². The number of hydrogen-bond acceptors (Lipinski definition) is 7. The van der Waals surface area contributed by atoms with Crippen LogP contribution in [0.15, 0.2) is 48.5 Å². The van der Waals surface area contributed by atoms with Crippen molar-refractivity contribution in [3.8, 4) is 0 Å². The van der Waals surface area contributed by atoms with E-state index in [-0.39, 0.29) is 6.61 Å². The second kappa shape index (κ2) is 5.76. The minimum Gasteiger partial charge on any atom is -0.458 e. The molecular weight excluding hydrogens is 284 g/mol. The minimum absolute atomic E-state index is 0.137. The summed E-state index contributed by atoms with van der Waals surface area (Å²) in [7, 11) is 0. The highest BCUT2D eigenvalue weighted by Crippen LogP contribution is 2.34. The topological polar surface area (TPSA) is 94.8 Å². The zero-order valence-corrected chi connectivity index (χ0v) is 11.9. The Morgan fingerprint density at radius 2 is 2.45 bits per heavy atom. The van der Waals surface area contributed by atoms with E-state index in [2.05, 4.69) is 32.4 Å². The zero-order chi connectivity index (χ0) is 15.5. The molecule has 1 atom stereocenters. The third kappa shape index (κ3) is 2.34. The van der Waals surface area contributed by atoms with Crippen molar-refractivity contribution in [2.45, 2.75) is 13.0 Å². The first-order valence-electron chi connectivity index (χ1n) is 6.66. The lowest BCUT2D eigenvalue weighted by Gasteiger charge is -2.27. The average Bonchev–Trinajstić information content (AvgIpc) is 2.99. The number of tetrazole rings is 1. The van der Waals surface area contributed by atoms with E-state index in [1.54, 1.807) is 25.4 Å². The number of carbonyl (C=O) groups is 1. The highest BCUT2D eigenvalue weighted by Gasteiger charge is 2.34. The lowest BCUT2D eigenvalue weighted by atomic mass is 9.97. The number of fused-ring (bicyclic) bond motifs is 1. The van der Waals surface area contributed by atoms with E-state index in [1.165, 1.54) is 10.8 Å². The molecule has 0 unspecified atom stereocenters. The normalized spacial score (nSPS) is 16.7. The van der Waals surface area contributed by atoms with Gasteiger partial charge in [0.15, 0.2) is 0 Å². The molecule has 0 aliphatic carbocycles. The molecule has 8 heteroatoms. The summed E-state index contributed by atoms with van der Waals surface area (Å²) in [6, 6.07) is 3.17. The maximum absolute atomic E-state index is 12.4. The molecule has 0 radical (unpaired) electrons. The predicted molar refractivity (Wildman–Crippen MR) is 77.7 cm³/mol. The first kappa shape index (κ1) is 13.9. The van der Waals surface area contributed by atoms with Crippen LogP contribution in [-0.4, -0.2) is 37.8 Å². The first-order valence-corrected chi connectivity index (χ1v) is 6.66. The average molecular weight is 298 g/mol. The second-order valence-corrected chi connectivity index (χ2v) is 4.69. The lowest BCUT2D eigenvalue weighted by molar-refractivity contribution is -0.138. The predicted octanol–water partition coefficient (Wildman–Crippen LogP) is 1.09. The summed E-state index contributed by atoms with van der Waals surface area (Å²) in [6.07, 6.45) is 4.86. The number of esters is 1. The standard InChI is InChI=1S/C14H14N6O2/c1-3-7-22-13(21)11-9(2)16-14-17-18-19-20(14)12(11)10-5-4-6-15-8-10/h3-6,8,12H,1,7H2,2H3,(H,16,17,19)/t12-/m0/s1. The highest BCUT2D eigenvalue weighted by atomic mass is 16.5. The van der Waals surface area contributed by atoms with Gasteiger partial charge in [0.1, 0.15) is 12.6 Å². The molecule has 8 nitrogen and oxygen atoms in total. The first-order chi connectivity index (χ1) is 10.7. The van der Waals surface area contributed by atoms with Gasteiger partial charge in [0.05, 0.1) is 5.57 Å². The van der Waals surface area contributed by atoms with Gasteiger partial charge in [0, 0.05) is 18.1 Å². The van der Waals surface area contributed by atoms with E-state index < -0.39 is 12.0 Å². The number of carbonyl (C=O) groups excluding carboxylic acids is 1. The largest absolute Gasteiger partial charge is 0.458 e. The fourth-order valence-corrected chi connectivity index (χ4v) is 2.33. The van der Waals surface area contributed by atoms with Crippen molar-refractivity contribution >= 4 is 11.9 Å². The third-order valence-electron chi connectivity index (χ3n) is 3.27. The molecule has 0 fully saturated rings. The Hall–Kier alpha value is -3.03. The Morgan fingerprint density at radius 3 is 3.18 bits per heavy atom. The molecule has 0 bridgehead atoms. The maximum Gasteiger partial charge on any atom is 0.338 e. The summed E-state index contributed by atoms with van der Waals surface area (Å²) < 4.78 is 6.72. The van der Waals surface area contributed by atoms with Gasteiger partial charge in [0.2, 0.25) is 5.95 Å². The molecular formula is C14H14N6O2. The Morgan fingerprint density at radius 1 is 1.59 bits per heavy atom. The second-order valence-electron chi connectivity index (χ2n) is 4.69. The van der Waals surface area contributed by atoms with Crippen molar-refractivity contribution in [3.63, 3.8) is 0 Å². The van der Waals surface area contributed by atoms with Crippen LogP contribution >= 0.6 is 0 Å². The molecule has 0 aromatic carbocycles. The summed E-state index contributed by atoms with van der Waals surface area (Å²) in [5, 5.41) is 14.5. The Balaban J connectivity index is 2.08. The SMILES string of the molecule is C=CCOC(=O)C1=C(C)Nc2nnnn2[C@H]1c1cccnc1. The van der Waals surface area contributed by atoms with Gasteiger partial charge < -0.3 is 10.1 Å². The van der Waals surface area contributed by atoms with E-state index in [0.717, 1.165) is 5.56 Å². The highest BCUT2D eigenvalue weighted by molar-refractivity contribution is 5.92. The lowest BCUT2D eigenvalue weighted by Crippen LogP contribution is -2.29. The van der Waals surface area contributed by atoms with Crippen LogP contribution in [0.25, 0.3) is 0 Å². The molecule has 22 heavy (non-hydrogen) atoms. The number of hydrogen-bond donors (Lipinski definition) is 1. The molecule has 0 spiro atoms. The molecule has 0 saturated carbocycles. The van der Waals surface area contributed by atoms with Crippen LogP contribution in [0.5, 0.6) is 0 Å². The molecule has 3 rings (SSSR count). The number of rotatable bonds is 4. The van der Waals surface area contributed by atoms with Gasteiger partial charge in [-0.05, 0) is 29.0 Å². The molecule has 1 aliphatic rings. The number of anilines is 1. The molecule has 3 heterocycles. The van der Waals surface area contributed by atoms with Crippen LogP contribution in [0.3, 0.4) is 0 Å². The Kier molecular flexibility index (Phi) is 3.65.